The molecule has 0 bridgehead atoms. The number of hydrogen-bond acceptors (Lipinski definition) is 4. The lowest BCUT2D eigenvalue weighted by Crippen LogP contribution is -2.21. The van der Waals surface area contributed by atoms with E-state index < -0.39 is 24.0 Å². The molecule has 6 nitrogen and oxygen atoms in total. The van der Waals surface area contributed by atoms with Crippen molar-refractivity contribution in [3.8, 4) is 0 Å². The van der Waals surface area contributed by atoms with Gasteiger partial charge in [0.25, 0.3) is 0 Å². The van der Waals surface area contributed by atoms with E-state index in [0.717, 1.165) is 0 Å². The third kappa shape index (κ3) is 4.98. The minimum Gasteiger partial charge on any atom is -0.463 e. The van der Waals surface area contributed by atoms with Crippen molar-refractivity contribution in [1.82, 2.24) is 0 Å². The highest BCUT2D eigenvalue weighted by Crippen LogP contribution is 2.11. The summed E-state index contributed by atoms with van der Waals surface area (Å²) in [6, 6.07) is -1.71. The highest BCUT2D eigenvalue weighted by Gasteiger charge is 2.28. The van der Waals surface area contributed by atoms with E-state index in [-0.39, 0.29) is 12.8 Å². The Morgan fingerprint density at radius 3 is 1.59 bits per heavy atom. The molecule has 6 heteroatoms. The minimum absolute atomic E-state index is 0.277. The van der Waals surface area contributed by atoms with Crippen molar-refractivity contribution in [2.24, 2.45) is 0 Å². The molecule has 0 fully saturated rings. The number of esters is 2. The average molecular weight is 238 g/mol. The Bertz CT molecular complexity index is 319. The standard InChI is InChI=1S/C11H14N2O4/c1-12-8(10(14)16-3)6-5-7-9(13-2)11(15)17-4/h8-9H,5-7H2,3-4H3. The number of ether oxygens (including phenoxy) is 2. The van der Waals surface area contributed by atoms with Crippen LogP contribution < -0.4 is 0 Å². The van der Waals surface area contributed by atoms with Gasteiger partial charge in [-0.15, -0.1) is 0 Å². The van der Waals surface area contributed by atoms with Crippen LogP contribution in [0.3, 0.4) is 0 Å². The maximum Gasteiger partial charge on any atom is 0.389 e. The zero-order valence-corrected chi connectivity index (χ0v) is 9.80. The molecular formula is C11H14N2O4. The van der Waals surface area contributed by atoms with Crippen LogP contribution in [0.4, 0.5) is 0 Å². The first kappa shape index (κ1) is 14.9. The monoisotopic (exact) mass is 238 g/mol. The van der Waals surface area contributed by atoms with Gasteiger partial charge in [0.05, 0.1) is 14.2 Å². The molecule has 0 radical (unpaired) electrons. The van der Waals surface area contributed by atoms with E-state index in [1.807, 2.05) is 0 Å². The molecule has 92 valence electrons. The molecule has 17 heavy (non-hydrogen) atoms. The maximum atomic E-state index is 11.1. The second kappa shape index (κ2) is 8.12. The lowest BCUT2D eigenvalue weighted by atomic mass is 10.1. The van der Waals surface area contributed by atoms with E-state index in [4.69, 9.17) is 13.1 Å². The number of methoxy groups -OCH3 is 2. The SMILES string of the molecule is [C-]#[N+]C(CCCC([N+]#[C-])C(=O)OC)C(=O)OC. The minimum atomic E-state index is -0.857. The third-order valence-electron chi connectivity index (χ3n) is 2.21. The summed E-state index contributed by atoms with van der Waals surface area (Å²) in [5.41, 5.74) is 0. The molecule has 0 aromatic carbocycles. The second-order valence-electron chi connectivity index (χ2n) is 3.27. The van der Waals surface area contributed by atoms with Crippen molar-refractivity contribution in [3.63, 3.8) is 0 Å². The van der Waals surface area contributed by atoms with E-state index in [0.29, 0.717) is 6.42 Å². The van der Waals surface area contributed by atoms with Gasteiger partial charge in [0.15, 0.2) is 0 Å². The summed E-state index contributed by atoms with van der Waals surface area (Å²) < 4.78 is 8.90. The van der Waals surface area contributed by atoms with Gasteiger partial charge in [0.2, 0.25) is 0 Å². The average Bonchev–Trinajstić information content (AvgIpc) is 2.37. The molecule has 0 aromatic heterocycles. The zero-order chi connectivity index (χ0) is 13.3. The summed E-state index contributed by atoms with van der Waals surface area (Å²) in [7, 11) is 2.44. The van der Waals surface area contributed by atoms with Crippen molar-refractivity contribution in [1.29, 1.82) is 0 Å². The maximum absolute atomic E-state index is 11.1. The van der Waals surface area contributed by atoms with Gasteiger partial charge in [0, 0.05) is 12.8 Å². The molecule has 2 unspecified atom stereocenters. The molecule has 0 aromatic rings. The van der Waals surface area contributed by atoms with Gasteiger partial charge in [0.1, 0.15) is 0 Å². The van der Waals surface area contributed by atoms with Crippen LogP contribution in [0, 0.1) is 13.1 Å². The van der Waals surface area contributed by atoms with Crippen molar-refractivity contribution >= 4 is 11.9 Å². The van der Waals surface area contributed by atoms with Crippen molar-refractivity contribution < 1.29 is 19.1 Å². The molecule has 0 N–H and O–H groups in total. The Balaban J connectivity index is 4.13. The van der Waals surface area contributed by atoms with E-state index in [1.54, 1.807) is 0 Å². The topological polar surface area (TPSA) is 61.3 Å². The smallest absolute Gasteiger partial charge is 0.389 e. The van der Waals surface area contributed by atoms with Crippen LogP contribution >= 0.6 is 0 Å². The quantitative estimate of drug-likeness (QED) is 0.513. The second-order valence-corrected chi connectivity index (χ2v) is 3.27. The first-order chi connectivity index (χ1) is 8.10. The Kier molecular flexibility index (Phi) is 7.12. The number of carbonyl (C=O) groups excluding carboxylic acids is 2. The Morgan fingerprint density at radius 1 is 1.00 bits per heavy atom. The summed E-state index contributed by atoms with van der Waals surface area (Å²) in [6.07, 6.45) is 0.975. The molecule has 0 saturated heterocycles. The lowest BCUT2D eigenvalue weighted by molar-refractivity contribution is -0.141. The predicted molar refractivity (Wildman–Crippen MR) is 58.7 cm³/mol. The van der Waals surface area contributed by atoms with Crippen LogP contribution in [-0.4, -0.2) is 38.2 Å². The van der Waals surface area contributed by atoms with Gasteiger partial charge in [-0.2, -0.15) is 0 Å². The molecule has 0 rings (SSSR count). The van der Waals surface area contributed by atoms with E-state index in [1.165, 1.54) is 14.2 Å². The van der Waals surface area contributed by atoms with Gasteiger partial charge in [-0.25, -0.2) is 22.7 Å². The molecule has 0 heterocycles. The zero-order valence-electron chi connectivity index (χ0n) is 9.80. The highest BCUT2D eigenvalue weighted by atomic mass is 16.5. The summed E-state index contributed by atoms with van der Waals surface area (Å²) in [5, 5.41) is 0. The fourth-order valence-corrected chi connectivity index (χ4v) is 1.25. The van der Waals surface area contributed by atoms with Gasteiger partial charge in [-0.05, 0) is 6.42 Å². The molecule has 0 saturated carbocycles. The van der Waals surface area contributed by atoms with Crippen LogP contribution in [0.15, 0.2) is 0 Å². The Morgan fingerprint density at radius 2 is 1.35 bits per heavy atom. The molecule has 0 amide bonds. The summed E-state index contributed by atoms with van der Waals surface area (Å²) >= 11 is 0. The van der Waals surface area contributed by atoms with Crippen LogP contribution in [0.5, 0.6) is 0 Å². The van der Waals surface area contributed by atoms with E-state index in [2.05, 4.69) is 19.2 Å². The first-order valence-corrected chi connectivity index (χ1v) is 4.99. The predicted octanol–water partition coefficient (Wildman–Crippen LogP) is 1.08. The van der Waals surface area contributed by atoms with Crippen molar-refractivity contribution in [2.45, 2.75) is 31.3 Å². The van der Waals surface area contributed by atoms with Gasteiger partial charge in [-0.1, -0.05) is 0 Å². The Hall–Kier alpha value is -2.08. The number of rotatable bonds is 6. The van der Waals surface area contributed by atoms with Crippen molar-refractivity contribution in [2.75, 3.05) is 14.2 Å². The first-order valence-electron chi connectivity index (χ1n) is 4.99. The molecular weight excluding hydrogens is 224 g/mol. The number of nitrogens with zero attached hydrogens (tertiary/aromatic N) is 2. The fourth-order valence-electron chi connectivity index (χ4n) is 1.25. The number of carbonyl (C=O) groups is 2. The normalized spacial score (nSPS) is 12.7. The summed E-state index contributed by atoms with van der Waals surface area (Å²) in [4.78, 5) is 28.4. The van der Waals surface area contributed by atoms with Gasteiger partial charge in [-0.3, -0.25) is 0 Å². The third-order valence-corrected chi connectivity index (χ3v) is 2.21. The molecule has 0 aliphatic heterocycles. The molecule has 2 atom stereocenters. The molecule has 0 aliphatic rings. The highest BCUT2D eigenvalue weighted by molar-refractivity contribution is 5.78. The summed E-state index contributed by atoms with van der Waals surface area (Å²) in [5.74, 6) is -1.17. The lowest BCUT2D eigenvalue weighted by Gasteiger charge is -2.04. The molecule has 0 aliphatic carbocycles. The van der Waals surface area contributed by atoms with Crippen LogP contribution in [0.2, 0.25) is 0 Å². The van der Waals surface area contributed by atoms with Gasteiger partial charge >= 0.3 is 24.0 Å². The molecule has 0 spiro atoms. The van der Waals surface area contributed by atoms with Crippen LogP contribution in [0.25, 0.3) is 9.69 Å². The van der Waals surface area contributed by atoms with Gasteiger partial charge < -0.3 is 19.2 Å². The van der Waals surface area contributed by atoms with Crippen LogP contribution in [0.1, 0.15) is 19.3 Å². The fraction of sp³-hybridized carbons (Fsp3) is 0.636. The summed E-state index contributed by atoms with van der Waals surface area (Å²) in [6.45, 7) is 13.6. The largest absolute Gasteiger partial charge is 0.463 e. The Labute approximate surface area is 100 Å². The van der Waals surface area contributed by atoms with Crippen LogP contribution in [-0.2, 0) is 19.1 Å². The van der Waals surface area contributed by atoms with E-state index in [9.17, 15) is 9.59 Å². The number of hydrogen-bond donors (Lipinski definition) is 0. The van der Waals surface area contributed by atoms with Crippen molar-refractivity contribution in [3.05, 3.63) is 22.8 Å². The van der Waals surface area contributed by atoms with E-state index >= 15 is 0 Å².